The molecule has 3 N–H and O–H groups in total. The molecule has 1 unspecified atom stereocenters. The van der Waals surface area contributed by atoms with Gasteiger partial charge in [0, 0.05) is 0 Å². The Kier molecular flexibility index (Phi) is 5.41. The lowest BCUT2D eigenvalue weighted by Gasteiger charge is -2.11. The lowest BCUT2D eigenvalue weighted by molar-refractivity contribution is 0.0398. The number of aliphatic hydroxyl groups excluding tert-OH is 1. The van der Waals surface area contributed by atoms with Gasteiger partial charge >= 0.3 is 18.3 Å². The van der Waals surface area contributed by atoms with E-state index in [1.807, 2.05) is 0 Å². The van der Waals surface area contributed by atoms with Gasteiger partial charge in [-0.15, -0.1) is 0 Å². The zero-order chi connectivity index (χ0) is 9.56. The summed E-state index contributed by atoms with van der Waals surface area (Å²) in [4.78, 5) is 16.4. The van der Waals surface area contributed by atoms with Crippen molar-refractivity contribution < 1.29 is 32.5 Å². The van der Waals surface area contributed by atoms with E-state index in [0.29, 0.717) is 0 Å². The Bertz CT molecular complexity index is 170. The number of hydrogen-bond donors (Lipinski definition) is 3. The molecule has 0 aliphatic carbocycles. The molecule has 0 aromatic rings. The predicted octanol–water partition coefficient (Wildman–Crippen LogP) is -2.80. The zero-order valence-electron chi connectivity index (χ0n) is 5.97. The van der Waals surface area contributed by atoms with Gasteiger partial charge in [-0.2, -0.15) is 0 Å². The summed E-state index contributed by atoms with van der Waals surface area (Å²) in [7, 11) is -6.24. The van der Waals surface area contributed by atoms with E-state index in [1.54, 1.807) is 0 Å². The fourth-order valence-corrected chi connectivity index (χ4v) is 1.19. The second-order valence-corrected chi connectivity index (χ2v) is 3.35. The van der Waals surface area contributed by atoms with Crippen molar-refractivity contribution in [2.45, 2.75) is 6.10 Å². The first-order chi connectivity index (χ1) is 5.56. The largest absolute Gasteiger partial charge is 0.765 e. The number of hydrogen-bond acceptors (Lipinski definition) is 5. The molecule has 7 nitrogen and oxygen atoms in total. The quantitative estimate of drug-likeness (QED) is 0.407. The minimum absolute atomic E-state index is 0.387. The van der Waals surface area contributed by atoms with Crippen LogP contribution in [0.1, 0.15) is 0 Å². The summed E-state index contributed by atoms with van der Waals surface area (Å²) in [5.74, 6) is 0. The van der Waals surface area contributed by atoms with Gasteiger partial charge in [0.1, 0.15) is 12.7 Å². The highest BCUT2D eigenvalue weighted by Gasteiger charge is 2.17. The maximum Gasteiger partial charge on any atom is 0.765 e. The Balaban J connectivity index is 3.67. The SMILES string of the molecule is O=[Si](O)OCC(CO)O[Si](=O)O. The first-order valence-corrected chi connectivity index (χ1v) is 5.45. The molecule has 0 heterocycles. The van der Waals surface area contributed by atoms with E-state index in [9.17, 15) is 8.92 Å². The topological polar surface area (TPSA) is 113 Å². The average Bonchev–Trinajstić information content (AvgIpc) is 1.97. The van der Waals surface area contributed by atoms with Crippen molar-refractivity contribution in [2.24, 2.45) is 0 Å². The first-order valence-electron chi connectivity index (χ1n) is 2.92. The standard InChI is InChI=1S/C3H8O7Si2/c4-1-3(10-12(7)8)2-9-11(5)6/h3-5,7H,1-2H2. The lowest BCUT2D eigenvalue weighted by Crippen LogP contribution is -2.29. The molecule has 1 atom stereocenters. The van der Waals surface area contributed by atoms with E-state index < -0.39 is 31.1 Å². The normalized spacial score (nSPS) is 11.8. The highest BCUT2D eigenvalue weighted by molar-refractivity contribution is 6.24. The molecule has 0 bridgehead atoms. The zero-order valence-corrected chi connectivity index (χ0v) is 7.97. The van der Waals surface area contributed by atoms with Crippen molar-refractivity contribution in [1.29, 1.82) is 0 Å². The van der Waals surface area contributed by atoms with E-state index in [4.69, 9.17) is 14.7 Å². The second kappa shape index (κ2) is 5.79. The van der Waals surface area contributed by atoms with Crippen LogP contribution < -0.4 is 0 Å². The average molecular weight is 212 g/mol. The second-order valence-electron chi connectivity index (χ2n) is 1.77. The molecule has 0 saturated heterocycles. The van der Waals surface area contributed by atoms with Gasteiger partial charge in [0.25, 0.3) is 0 Å². The molecular weight excluding hydrogens is 204 g/mol. The third kappa shape index (κ3) is 5.94. The molecule has 0 saturated carbocycles. The first kappa shape index (κ1) is 11.2. The van der Waals surface area contributed by atoms with Crippen LogP contribution in [0.15, 0.2) is 0 Å². The van der Waals surface area contributed by atoms with Crippen molar-refractivity contribution in [2.75, 3.05) is 13.2 Å². The van der Waals surface area contributed by atoms with Crippen LogP contribution in [0.25, 0.3) is 0 Å². The molecule has 9 heteroatoms. The van der Waals surface area contributed by atoms with Crippen LogP contribution in [0.4, 0.5) is 0 Å². The van der Waals surface area contributed by atoms with Gasteiger partial charge < -0.3 is 23.5 Å². The number of rotatable bonds is 6. The minimum atomic E-state index is -3.16. The minimum Gasteiger partial charge on any atom is -0.511 e. The molecule has 0 aliphatic heterocycles. The third-order valence-electron chi connectivity index (χ3n) is 0.864. The molecule has 70 valence electrons. The van der Waals surface area contributed by atoms with Crippen LogP contribution in [0, 0.1) is 0 Å². The van der Waals surface area contributed by atoms with Crippen molar-refractivity contribution in [3.8, 4) is 0 Å². The summed E-state index contributed by atoms with van der Waals surface area (Å²) < 4.78 is 28.5. The summed E-state index contributed by atoms with van der Waals surface area (Å²) in [5.41, 5.74) is 0. The van der Waals surface area contributed by atoms with Crippen molar-refractivity contribution in [1.82, 2.24) is 0 Å². The summed E-state index contributed by atoms with van der Waals surface area (Å²) in [6.45, 7) is -0.937. The molecule has 12 heavy (non-hydrogen) atoms. The maximum atomic E-state index is 10.1. The smallest absolute Gasteiger partial charge is 0.511 e. The van der Waals surface area contributed by atoms with E-state index in [-0.39, 0.29) is 6.61 Å². The molecular formula is C3H8O7Si2. The van der Waals surface area contributed by atoms with Gasteiger partial charge in [0.15, 0.2) is 0 Å². The van der Waals surface area contributed by atoms with Crippen LogP contribution in [-0.2, 0) is 17.8 Å². The molecule has 0 rings (SSSR count). The Morgan fingerprint density at radius 3 is 2.17 bits per heavy atom. The van der Waals surface area contributed by atoms with Gasteiger partial charge in [-0.25, -0.2) is 0 Å². The van der Waals surface area contributed by atoms with Gasteiger partial charge in [0.2, 0.25) is 0 Å². The van der Waals surface area contributed by atoms with Crippen LogP contribution in [-0.4, -0.2) is 52.4 Å². The summed E-state index contributed by atoms with van der Waals surface area (Å²) in [6.07, 6.45) is -1.04. The van der Waals surface area contributed by atoms with Gasteiger partial charge in [-0.05, 0) is 0 Å². The van der Waals surface area contributed by atoms with Crippen LogP contribution in [0.3, 0.4) is 0 Å². The van der Waals surface area contributed by atoms with Crippen molar-refractivity contribution >= 4 is 18.3 Å². The van der Waals surface area contributed by atoms with Crippen LogP contribution in [0.5, 0.6) is 0 Å². The van der Waals surface area contributed by atoms with Gasteiger partial charge in [0.05, 0.1) is 6.61 Å². The Morgan fingerprint density at radius 2 is 1.83 bits per heavy atom. The van der Waals surface area contributed by atoms with E-state index in [0.717, 1.165) is 0 Å². The summed E-state index contributed by atoms with van der Waals surface area (Å²) in [6, 6.07) is 0. The van der Waals surface area contributed by atoms with Gasteiger partial charge in [-0.3, -0.25) is 8.92 Å². The van der Waals surface area contributed by atoms with Gasteiger partial charge in [-0.1, -0.05) is 0 Å². The molecule has 0 aliphatic rings. The Labute approximate surface area is 71.0 Å². The Hall–Kier alpha value is -0.806. The lowest BCUT2D eigenvalue weighted by atomic mass is 10.4. The molecule has 0 amide bonds. The predicted molar refractivity (Wildman–Crippen MR) is 35.2 cm³/mol. The van der Waals surface area contributed by atoms with Crippen molar-refractivity contribution in [3.63, 3.8) is 0 Å². The Morgan fingerprint density at radius 1 is 1.25 bits per heavy atom. The van der Waals surface area contributed by atoms with Crippen LogP contribution in [0.2, 0.25) is 0 Å². The molecule has 0 spiro atoms. The highest BCUT2D eigenvalue weighted by Crippen LogP contribution is 1.90. The molecule has 0 radical (unpaired) electrons. The molecule has 0 fully saturated rings. The monoisotopic (exact) mass is 212 g/mol. The highest BCUT2D eigenvalue weighted by atomic mass is 28.3. The van der Waals surface area contributed by atoms with E-state index >= 15 is 0 Å². The van der Waals surface area contributed by atoms with E-state index in [1.165, 1.54) is 0 Å². The van der Waals surface area contributed by atoms with E-state index in [2.05, 4.69) is 8.85 Å². The maximum absolute atomic E-state index is 10.1. The molecule has 0 aromatic heterocycles. The number of aliphatic hydroxyl groups is 1. The third-order valence-corrected chi connectivity index (χ3v) is 1.81. The fourth-order valence-electron chi connectivity index (χ4n) is 0.431. The summed E-state index contributed by atoms with van der Waals surface area (Å²) >= 11 is 0. The van der Waals surface area contributed by atoms with Crippen LogP contribution >= 0.6 is 0 Å². The molecule has 0 aromatic carbocycles. The fraction of sp³-hybridized carbons (Fsp3) is 1.00. The van der Waals surface area contributed by atoms with Crippen molar-refractivity contribution in [3.05, 3.63) is 0 Å². The summed E-state index contributed by atoms with van der Waals surface area (Å²) in [5, 5.41) is 8.48.